The number of nitrogens with zero attached hydrogens (tertiary/aromatic N) is 5. The first-order valence-electron chi connectivity index (χ1n) is 12.1. The third-order valence-electron chi connectivity index (χ3n) is 6.66. The van der Waals surface area contributed by atoms with Gasteiger partial charge in [-0.05, 0) is 54.8 Å². The Labute approximate surface area is 218 Å². The summed E-state index contributed by atoms with van der Waals surface area (Å²) in [4.78, 5) is 30.6. The summed E-state index contributed by atoms with van der Waals surface area (Å²) in [7, 11) is 0. The van der Waals surface area contributed by atoms with Crippen LogP contribution in [0.25, 0.3) is 11.3 Å². The van der Waals surface area contributed by atoms with Crippen molar-refractivity contribution in [2.45, 2.75) is 38.5 Å². The largest absolute Gasteiger partial charge is 0.294 e. The normalized spacial score (nSPS) is 12.3. The Morgan fingerprint density at radius 1 is 1.03 bits per heavy atom. The molecule has 0 unspecified atom stereocenters. The molecule has 0 amide bonds. The van der Waals surface area contributed by atoms with Crippen molar-refractivity contribution in [3.63, 3.8) is 0 Å². The molecule has 0 atom stereocenters. The van der Waals surface area contributed by atoms with E-state index in [0.29, 0.717) is 40.2 Å². The van der Waals surface area contributed by atoms with Gasteiger partial charge in [-0.2, -0.15) is 5.26 Å². The van der Waals surface area contributed by atoms with Crippen LogP contribution in [0.5, 0.6) is 0 Å². The Balaban J connectivity index is 1.45. The van der Waals surface area contributed by atoms with E-state index < -0.39 is 17.0 Å². The molecule has 4 aromatic rings. The van der Waals surface area contributed by atoms with Crippen LogP contribution in [0.3, 0.4) is 0 Å². The third-order valence-corrected chi connectivity index (χ3v) is 6.66. The topological polar surface area (TPSA) is 91.9 Å². The molecule has 0 saturated carbocycles. The minimum atomic E-state index is -0.794. The number of ketones is 1. The zero-order chi connectivity index (χ0) is 26.9. The van der Waals surface area contributed by atoms with Gasteiger partial charge < -0.3 is 0 Å². The van der Waals surface area contributed by atoms with Gasteiger partial charge in [0, 0.05) is 48.9 Å². The van der Waals surface area contributed by atoms with E-state index in [9.17, 15) is 18.8 Å². The van der Waals surface area contributed by atoms with E-state index in [1.807, 2.05) is 6.07 Å². The van der Waals surface area contributed by atoms with E-state index in [1.165, 1.54) is 12.4 Å². The molecule has 8 heteroatoms. The van der Waals surface area contributed by atoms with Crippen LogP contribution >= 0.6 is 0 Å². The van der Waals surface area contributed by atoms with E-state index in [1.54, 1.807) is 56.6 Å². The fraction of sp³-hybridized carbons (Fsp3) is 0.200. The monoisotopic (exact) mass is 507 g/mol. The second kappa shape index (κ2) is 10.0. The summed E-state index contributed by atoms with van der Waals surface area (Å²) in [5, 5.41) is 9.43. The average Bonchev–Trinajstić information content (AvgIpc) is 3.41. The Hall–Kier alpha value is -4.64. The lowest BCUT2D eigenvalue weighted by Gasteiger charge is -2.16. The molecule has 1 aliphatic rings. The highest BCUT2D eigenvalue weighted by Gasteiger charge is 2.23. The standard InChI is InChI=1S/C30H23F2N5O/c1-30(2,16-33)21-6-3-5-18(12-21)27(38)14-20-11-19(23(31)15-24(20)32)13-26-22(7-4-9-34-26)28-29-25(8-10-35-29)36-17-37-28/h3-7,9-12,15,17H,8,13-14H2,1-2H3. The maximum Gasteiger partial charge on any atom is 0.167 e. The van der Waals surface area contributed by atoms with Gasteiger partial charge in [-0.3, -0.25) is 14.8 Å². The van der Waals surface area contributed by atoms with Crippen LogP contribution in [0.15, 0.2) is 66.0 Å². The Bertz CT molecular complexity index is 1640. The number of Topliss-reactive ketones (excluding diaryl/α,β-unsaturated/α-hetero) is 1. The highest BCUT2D eigenvalue weighted by molar-refractivity contribution is 5.97. The van der Waals surface area contributed by atoms with Gasteiger partial charge in [0.05, 0.1) is 22.9 Å². The Morgan fingerprint density at radius 2 is 1.84 bits per heavy atom. The van der Waals surface area contributed by atoms with Crippen LogP contribution < -0.4 is 0 Å². The summed E-state index contributed by atoms with van der Waals surface area (Å²) >= 11 is 0. The van der Waals surface area contributed by atoms with Crippen molar-refractivity contribution in [2.24, 2.45) is 4.99 Å². The maximum atomic E-state index is 14.9. The molecule has 2 aromatic carbocycles. The van der Waals surface area contributed by atoms with Gasteiger partial charge in [-0.1, -0.05) is 18.2 Å². The molecule has 3 heterocycles. The molecule has 0 saturated heterocycles. The van der Waals surface area contributed by atoms with Crippen molar-refractivity contribution in [3.05, 3.63) is 106 Å². The molecular formula is C30H23F2N5O. The summed E-state index contributed by atoms with van der Waals surface area (Å²) in [6, 6.07) is 14.8. The van der Waals surface area contributed by atoms with Gasteiger partial charge in [-0.25, -0.2) is 18.7 Å². The summed E-state index contributed by atoms with van der Waals surface area (Å²) in [5.41, 5.74) is 3.87. The van der Waals surface area contributed by atoms with E-state index >= 15 is 0 Å². The molecule has 6 nitrogen and oxygen atoms in total. The molecule has 0 spiro atoms. The third kappa shape index (κ3) is 4.83. The molecule has 5 rings (SSSR count). The fourth-order valence-electron chi connectivity index (χ4n) is 4.43. The van der Waals surface area contributed by atoms with Crippen LogP contribution in [-0.4, -0.2) is 26.9 Å². The maximum absolute atomic E-state index is 14.9. The lowest BCUT2D eigenvalue weighted by atomic mass is 9.85. The lowest BCUT2D eigenvalue weighted by Crippen LogP contribution is -2.15. The first-order chi connectivity index (χ1) is 18.3. The number of aliphatic imine (C=N–C) groups is 1. The number of carbonyl (C=O) groups excluding carboxylic acids is 1. The number of aromatic nitrogens is 3. The van der Waals surface area contributed by atoms with E-state index in [0.717, 1.165) is 11.8 Å². The highest BCUT2D eigenvalue weighted by atomic mass is 19.1. The summed E-state index contributed by atoms with van der Waals surface area (Å²) in [6.07, 6.45) is 5.26. The summed E-state index contributed by atoms with van der Waals surface area (Å²) < 4.78 is 29.7. The quantitative estimate of drug-likeness (QED) is 0.291. The number of hydrogen-bond acceptors (Lipinski definition) is 6. The van der Waals surface area contributed by atoms with Crippen LogP contribution in [0.4, 0.5) is 14.5 Å². The molecule has 38 heavy (non-hydrogen) atoms. The zero-order valence-electron chi connectivity index (χ0n) is 20.9. The molecular weight excluding hydrogens is 484 g/mol. The number of fused-ring (bicyclic) bond motifs is 1. The predicted molar refractivity (Wildman–Crippen MR) is 139 cm³/mol. The number of nitriles is 1. The zero-order valence-corrected chi connectivity index (χ0v) is 20.9. The SMILES string of the molecule is CC(C)(C#N)c1cccc(C(=O)Cc2cc(Cc3ncccc3-c3ncnc4c3N=CC4)c(F)cc2F)c1. The van der Waals surface area contributed by atoms with Crippen LogP contribution in [0, 0.1) is 23.0 Å². The van der Waals surface area contributed by atoms with Crippen LogP contribution in [0.1, 0.15) is 52.3 Å². The van der Waals surface area contributed by atoms with E-state index in [2.05, 4.69) is 26.0 Å². The van der Waals surface area contributed by atoms with Gasteiger partial charge in [-0.15, -0.1) is 0 Å². The lowest BCUT2D eigenvalue weighted by molar-refractivity contribution is 0.0991. The summed E-state index contributed by atoms with van der Waals surface area (Å²) in [5.74, 6) is -1.85. The molecule has 0 radical (unpaired) electrons. The number of rotatable bonds is 7. The molecule has 0 bridgehead atoms. The van der Waals surface area contributed by atoms with Gasteiger partial charge in [0.2, 0.25) is 0 Å². The predicted octanol–water partition coefficient (Wildman–Crippen LogP) is 5.89. The molecule has 188 valence electrons. The molecule has 0 N–H and O–H groups in total. The van der Waals surface area contributed by atoms with Crippen molar-refractivity contribution in [1.82, 2.24) is 15.0 Å². The molecule has 1 aliphatic heterocycles. The van der Waals surface area contributed by atoms with E-state index in [4.69, 9.17) is 0 Å². The number of halogens is 2. The summed E-state index contributed by atoms with van der Waals surface area (Å²) in [6.45, 7) is 3.52. The van der Waals surface area contributed by atoms with Crippen molar-refractivity contribution < 1.29 is 13.6 Å². The van der Waals surface area contributed by atoms with Gasteiger partial charge in [0.15, 0.2) is 5.78 Å². The minimum Gasteiger partial charge on any atom is -0.294 e. The van der Waals surface area contributed by atoms with Gasteiger partial charge in [0.1, 0.15) is 29.3 Å². The molecule has 2 aromatic heterocycles. The van der Waals surface area contributed by atoms with Gasteiger partial charge in [0.25, 0.3) is 0 Å². The van der Waals surface area contributed by atoms with Crippen LogP contribution in [-0.2, 0) is 24.7 Å². The molecule has 0 aliphatic carbocycles. The Kier molecular flexibility index (Phi) is 6.60. The first kappa shape index (κ1) is 25.0. The second-order valence-corrected chi connectivity index (χ2v) is 9.66. The molecule has 0 fully saturated rings. The number of carbonyl (C=O) groups is 1. The first-order valence-corrected chi connectivity index (χ1v) is 12.1. The fourth-order valence-corrected chi connectivity index (χ4v) is 4.43. The van der Waals surface area contributed by atoms with Gasteiger partial charge >= 0.3 is 0 Å². The number of pyridine rings is 1. The number of hydrogen-bond donors (Lipinski definition) is 0. The average molecular weight is 508 g/mol. The van der Waals surface area contributed by atoms with E-state index in [-0.39, 0.29) is 29.8 Å². The van der Waals surface area contributed by atoms with Crippen molar-refractivity contribution in [2.75, 3.05) is 0 Å². The second-order valence-electron chi connectivity index (χ2n) is 9.66. The van der Waals surface area contributed by atoms with Crippen molar-refractivity contribution >= 4 is 17.7 Å². The van der Waals surface area contributed by atoms with Crippen molar-refractivity contribution in [1.29, 1.82) is 5.26 Å². The Morgan fingerprint density at radius 3 is 2.66 bits per heavy atom. The highest BCUT2D eigenvalue weighted by Crippen LogP contribution is 2.35. The van der Waals surface area contributed by atoms with Crippen molar-refractivity contribution in [3.8, 4) is 17.3 Å². The van der Waals surface area contributed by atoms with Crippen LogP contribution in [0.2, 0.25) is 0 Å². The minimum absolute atomic E-state index is 0.0673. The smallest absolute Gasteiger partial charge is 0.167 e. The number of benzene rings is 2.